The number of halogens is 1. The summed E-state index contributed by atoms with van der Waals surface area (Å²) in [5, 5.41) is 16.7. The molecule has 2 aromatic rings. The van der Waals surface area contributed by atoms with Crippen LogP contribution in [-0.4, -0.2) is 29.4 Å². The minimum atomic E-state index is 0.235. The summed E-state index contributed by atoms with van der Waals surface area (Å²) in [7, 11) is 0. The molecule has 0 atom stereocenters. The first-order valence-corrected chi connectivity index (χ1v) is 8.24. The number of piperidine rings is 1. The number of nitrogens with zero attached hydrogens (tertiary/aromatic N) is 4. The molecule has 0 saturated carbocycles. The molecule has 0 bridgehead atoms. The Bertz CT molecular complexity index is 675. The van der Waals surface area contributed by atoms with Gasteiger partial charge in [-0.25, -0.2) is 0 Å². The van der Waals surface area contributed by atoms with Gasteiger partial charge in [0.1, 0.15) is 17.9 Å². The Labute approximate surface area is 143 Å². The van der Waals surface area contributed by atoms with Crippen molar-refractivity contribution >= 4 is 28.4 Å². The molecule has 112 valence electrons. The van der Waals surface area contributed by atoms with Crippen molar-refractivity contribution in [2.24, 2.45) is 0 Å². The molecule has 0 amide bonds. The third-order valence-electron chi connectivity index (χ3n) is 3.66. The zero-order valence-corrected chi connectivity index (χ0v) is 14.1. The number of anilines is 1. The first-order valence-electron chi connectivity index (χ1n) is 7.16. The van der Waals surface area contributed by atoms with Crippen LogP contribution < -0.4 is 9.64 Å². The average molecular weight is 406 g/mol. The molecule has 1 aliphatic rings. The number of aromatic nitrogens is 2. The predicted molar refractivity (Wildman–Crippen MR) is 91.8 cm³/mol. The maximum absolute atomic E-state index is 8.75. The van der Waals surface area contributed by atoms with Crippen molar-refractivity contribution in [3.63, 3.8) is 0 Å². The summed E-state index contributed by atoms with van der Waals surface area (Å²) >= 11 is 2.30. The minimum Gasteiger partial charge on any atom is -0.489 e. The molecule has 1 aromatic heterocycles. The molecule has 1 saturated heterocycles. The second kappa shape index (κ2) is 6.92. The van der Waals surface area contributed by atoms with Gasteiger partial charge >= 0.3 is 0 Å². The van der Waals surface area contributed by atoms with Gasteiger partial charge in [0.05, 0.1) is 3.57 Å². The summed E-state index contributed by atoms with van der Waals surface area (Å²) in [6, 6.07) is 13.6. The molecule has 22 heavy (non-hydrogen) atoms. The molecular weight excluding hydrogens is 391 g/mol. The van der Waals surface area contributed by atoms with Crippen LogP contribution in [0.5, 0.6) is 5.75 Å². The number of para-hydroxylation sites is 1. The molecule has 0 unspecified atom stereocenters. The summed E-state index contributed by atoms with van der Waals surface area (Å²) < 4.78 is 7.23. The fourth-order valence-corrected chi connectivity index (χ4v) is 2.99. The standard InChI is InChI=1S/C16H15IN4O/c17-14-3-1-2-4-15(14)22-13-7-9-21(10-8-13)16-6-5-12(11-18)19-20-16/h1-6,13H,7-10H2. The number of ether oxygens (including phenoxy) is 1. The highest BCUT2D eigenvalue weighted by atomic mass is 127. The van der Waals surface area contributed by atoms with Crippen LogP contribution in [0.1, 0.15) is 18.5 Å². The van der Waals surface area contributed by atoms with Gasteiger partial charge in [0.25, 0.3) is 0 Å². The van der Waals surface area contributed by atoms with Crippen LogP contribution in [0, 0.1) is 14.9 Å². The van der Waals surface area contributed by atoms with E-state index >= 15 is 0 Å². The average Bonchev–Trinajstić information content (AvgIpc) is 2.58. The van der Waals surface area contributed by atoms with Crippen LogP contribution in [0.2, 0.25) is 0 Å². The lowest BCUT2D eigenvalue weighted by atomic mass is 10.1. The van der Waals surface area contributed by atoms with Crippen molar-refractivity contribution in [3.8, 4) is 11.8 Å². The van der Waals surface area contributed by atoms with Gasteiger partial charge in [-0.1, -0.05) is 12.1 Å². The Morgan fingerprint density at radius 2 is 1.91 bits per heavy atom. The van der Waals surface area contributed by atoms with E-state index in [1.807, 2.05) is 30.3 Å². The topological polar surface area (TPSA) is 62.0 Å². The number of nitriles is 1. The molecule has 6 heteroatoms. The third-order valence-corrected chi connectivity index (χ3v) is 4.55. The molecule has 0 N–H and O–H groups in total. The van der Waals surface area contributed by atoms with E-state index in [0.29, 0.717) is 5.69 Å². The largest absolute Gasteiger partial charge is 0.489 e. The summed E-state index contributed by atoms with van der Waals surface area (Å²) in [5.74, 6) is 1.78. The van der Waals surface area contributed by atoms with E-state index < -0.39 is 0 Å². The van der Waals surface area contributed by atoms with Gasteiger partial charge in [0.15, 0.2) is 11.5 Å². The van der Waals surface area contributed by atoms with Gasteiger partial charge < -0.3 is 9.64 Å². The molecule has 0 radical (unpaired) electrons. The van der Waals surface area contributed by atoms with Gasteiger partial charge in [-0.05, 0) is 46.9 Å². The molecule has 5 nitrogen and oxygen atoms in total. The normalized spacial score (nSPS) is 15.4. The zero-order chi connectivity index (χ0) is 15.4. The van der Waals surface area contributed by atoms with Crippen LogP contribution in [0.25, 0.3) is 0 Å². The summed E-state index contributed by atoms with van der Waals surface area (Å²) in [4.78, 5) is 2.18. The van der Waals surface area contributed by atoms with Gasteiger partial charge in [-0.2, -0.15) is 5.26 Å². The van der Waals surface area contributed by atoms with Gasteiger partial charge in [0.2, 0.25) is 0 Å². The van der Waals surface area contributed by atoms with E-state index in [4.69, 9.17) is 10.00 Å². The second-order valence-electron chi connectivity index (χ2n) is 5.12. The van der Waals surface area contributed by atoms with Crippen LogP contribution in [0.15, 0.2) is 36.4 Å². The Kier molecular flexibility index (Phi) is 4.73. The van der Waals surface area contributed by atoms with Gasteiger partial charge in [-0.15, -0.1) is 10.2 Å². The highest BCUT2D eigenvalue weighted by Crippen LogP contribution is 2.25. The Balaban J connectivity index is 1.58. The Morgan fingerprint density at radius 1 is 1.14 bits per heavy atom. The molecular formula is C16H15IN4O. The number of hydrogen-bond acceptors (Lipinski definition) is 5. The minimum absolute atomic E-state index is 0.235. The van der Waals surface area contributed by atoms with Gasteiger partial charge in [-0.3, -0.25) is 0 Å². The molecule has 0 spiro atoms. The van der Waals surface area contributed by atoms with E-state index in [1.54, 1.807) is 6.07 Å². The highest BCUT2D eigenvalue weighted by Gasteiger charge is 2.22. The van der Waals surface area contributed by atoms with Crippen molar-refractivity contribution in [1.82, 2.24) is 10.2 Å². The van der Waals surface area contributed by atoms with Gasteiger partial charge in [0, 0.05) is 25.9 Å². The maximum atomic E-state index is 8.75. The zero-order valence-electron chi connectivity index (χ0n) is 11.9. The quantitative estimate of drug-likeness (QED) is 0.734. The molecule has 1 aromatic carbocycles. The SMILES string of the molecule is N#Cc1ccc(N2CCC(Oc3ccccc3I)CC2)nn1. The first kappa shape index (κ1) is 15.0. The van der Waals surface area contributed by atoms with Crippen molar-refractivity contribution < 1.29 is 4.74 Å². The smallest absolute Gasteiger partial charge is 0.163 e. The van der Waals surface area contributed by atoms with E-state index in [-0.39, 0.29) is 6.10 Å². The van der Waals surface area contributed by atoms with Crippen LogP contribution in [0.4, 0.5) is 5.82 Å². The number of benzene rings is 1. The maximum Gasteiger partial charge on any atom is 0.163 e. The lowest BCUT2D eigenvalue weighted by Crippen LogP contribution is -2.38. The summed E-state index contributed by atoms with van der Waals surface area (Å²) in [5.41, 5.74) is 0.348. The Hall–Kier alpha value is -1.88. The van der Waals surface area contributed by atoms with Crippen LogP contribution >= 0.6 is 22.6 Å². The number of rotatable bonds is 3. The predicted octanol–water partition coefficient (Wildman–Crippen LogP) is 3.00. The van der Waals surface area contributed by atoms with Crippen LogP contribution in [-0.2, 0) is 0 Å². The van der Waals surface area contributed by atoms with Crippen molar-refractivity contribution in [3.05, 3.63) is 45.7 Å². The summed E-state index contributed by atoms with van der Waals surface area (Å²) in [6.07, 6.45) is 2.14. The molecule has 1 fully saturated rings. The van der Waals surface area contributed by atoms with E-state index in [0.717, 1.165) is 41.1 Å². The lowest BCUT2D eigenvalue weighted by molar-refractivity contribution is 0.169. The molecule has 0 aliphatic carbocycles. The first-order chi connectivity index (χ1) is 10.8. The van der Waals surface area contributed by atoms with Crippen molar-refractivity contribution in [2.45, 2.75) is 18.9 Å². The summed E-state index contributed by atoms with van der Waals surface area (Å²) in [6.45, 7) is 1.77. The van der Waals surface area contributed by atoms with Crippen LogP contribution in [0.3, 0.4) is 0 Å². The molecule has 2 heterocycles. The van der Waals surface area contributed by atoms with Crippen molar-refractivity contribution in [1.29, 1.82) is 5.26 Å². The molecule has 3 rings (SSSR count). The fraction of sp³-hybridized carbons (Fsp3) is 0.312. The third kappa shape index (κ3) is 3.47. The second-order valence-corrected chi connectivity index (χ2v) is 6.29. The van der Waals surface area contributed by atoms with E-state index in [9.17, 15) is 0 Å². The monoisotopic (exact) mass is 406 g/mol. The Morgan fingerprint density at radius 3 is 2.55 bits per heavy atom. The van der Waals surface area contributed by atoms with Crippen molar-refractivity contribution in [2.75, 3.05) is 18.0 Å². The van der Waals surface area contributed by atoms with E-state index in [1.165, 1.54) is 0 Å². The highest BCUT2D eigenvalue weighted by molar-refractivity contribution is 14.1. The fourth-order valence-electron chi connectivity index (χ4n) is 2.48. The number of hydrogen-bond donors (Lipinski definition) is 0. The van der Waals surface area contributed by atoms with E-state index in [2.05, 4.69) is 43.8 Å². The molecule has 1 aliphatic heterocycles. The lowest BCUT2D eigenvalue weighted by Gasteiger charge is -2.32.